The van der Waals surface area contributed by atoms with Gasteiger partial charge in [-0.05, 0) is 56.5 Å². The third kappa shape index (κ3) is 5.84. The highest BCUT2D eigenvalue weighted by molar-refractivity contribution is 9.10. The number of hydrogen-bond donors (Lipinski definition) is 1. The molecule has 0 aliphatic carbocycles. The van der Waals surface area contributed by atoms with E-state index < -0.39 is 16.8 Å². The molecular weight excluding hydrogens is 597 g/mol. The largest absolute Gasteiger partial charge is 0.422 e. The highest BCUT2D eigenvalue weighted by atomic mass is 79.9. The molecule has 4 aromatic rings. The first-order valence-electron chi connectivity index (χ1n) is 10.7. The number of non-ortho nitro benzene ring substituents is 1. The standard InChI is InChI=1S/C27H14BrCl2N3O5/c28-21-11-15(8-9-24(21)38-27(35)20-7-3-5-16-4-1-2-6-19(16)20)10-17(14-31)26(34)32-25-22(29)12-18(33(36)37)13-23(25)30/h1-13H,(H,32,34)/b17-10+. The summed E-state index contributed by atoms with van der Waals surface area (Å²) in [5.41, 5.74) is 0.158. The highest BCUT2D eigenvalue weighted by Gasteiger charge is 2.19. The van der Waals surface area contributed by atoms with Crippen LogP contribution < -0.4 is 10.1 Å². The average molecular weight is 611 g/mol. The molecule has 0 aliphatic heterocycles. The molecule has 0 unspecified atom stereocenters. The molecule has 38 heavy (non-hydrogen) atoms. The van der Waals surface area contributed by atoms with Gasteiger partial charge in [0.1, 0.15) is 17.4 Å². The summed E-state index contributed by atoms with van der Waals surface area (Å²) >= 11 is 15.4. The van der Waals surface area contributed by atoms with Gasteiger partial charge in [-0.15, -0.1) is 0 Å². The smallest absolute Gasteiger partial charge is 0.344 e. The predicted octanol–water partition coefficient (Wildman–Crippen LogP) is 7.58. The van der Waals surface area contributed by atoms with Gasteiger partial charge in [-0.2, -0.15) is 5.26 Å². The Balaban J connectivity index is 1.54. The van der Waals surface area contributed by atoms with Crippen LogP contribution in [0.1, 0.15) is 15.9 Å². The number of anilines is 1. The van der Waals surface area contributed by atoms with Crippen LogP contribution in [0.2, 0.25) is 10.0 Å². The molecule has 8 nitrogen and oxygen atoms in total. The van der Waals surface area contributed by atoms with E-state index in [1.807, 2.05) is 30.3 Å². The summed E-state index contributed by atoms with van der Waals surface area (Å²) in [6.07, 6.45) is 1.31. The number of esters is 1. The van der Waals surface area contributed by atoms with Crippen molar-refractivity contribution >= 4 is 79.2 Å². The van der Waals surface area contributed by atoms with Crippen LogP contribution in [0.15, 0.2) is 82.8 Å². The molecule has 1 amide bonds. The molecule has 0 atom stereocenters. The van der Waals surface area contributed by atoms with Crippen LogP contribution >= 0.6 is 39.1 Å². The topological polar surface area (TPSA) is 122 Å². The number of ether oxygens (including phenoxy) is 1. The Kier molecular flexibility index (Phi) is 8.08. The van der Waals surface area contributed by atoms with E-state index in [1.165, 1.54) is 12.1 Å². The normalized spacial score (nSPS) is 11.1. The van der Waals surface area contributed by atoms with Gasteiger partial charge in [-0.25, -0.2) is 4.79 Å². The van der Waals surface area contributed by atoms with E-state index in [0.29, 0.717) is 15.6 Å². The number of rotatable bonds is 6. The van der Waals surface area contributed by atoms with Gasteiger partial charge in [0.15, 0.2) is 0 Å². The van der Waals surface area contributed by atoms with Crippen LogP contribution in [-0.4, -0.2) is 16.8 Å². The molecule has 0 heterocycles. The Morgan fingerprint density at radius 3 is 2.37 bits per heavy atom. The fourth-order valence-electron chi connectivity index (χ4n) is 3.53. The van der Waals surface area contributed by atoms with Crippen LogP contribution in [0.3, 0.4) is 0 Å². The van der Waals surface area contributed by atoms with Crippen molar-refractivity contribution < 1.29 is 19.2 Å². The van der Waals surface area contributed by atoms with E-state index in [4.69, 9.17) is 27.9 Å². The zero-order valence-electron chi connectivity index (χ0n) is 19.1. The second-order valence-electron chi connectivity index (χ2n) is 7.77. The number of nitrogens with one attached hydrogen (secondary N) is 1. The number of fused-ring (bicyclic) bond motifs is 1. The number of nitro groups is 1. The molecule has 11 heteroatoms. The molecule has 0 spiro atoms. The molecule has 4 rings (SSSR count). The molecule has 0 aromatic heterocycles. The SMILES string of the molecule is N#C/C(=C\c1ccc(OC(=O)c2cccc3ccccc23)c(Br)c1)C(=O)Nc1c(Cl)cc([N+](=O)[O-])cc1Cl. The van der Waals surface area contributed by atoms with Crippen molar-refractivity contribution in [2.24, 2.45) is 0 Å². The summed E-state index contributed by atoms with van der Waals surface area (Å²) in [5.74, 6) is -1.13. The zero-order chi connectivity index (χ0) is 27.4. The summed E-state index contributed by atoms with van der Waals surface area (Å²) in [5, 5.41) is 24.2. The maximum Gasteiger partial charge on any atom is 0.344 e. The van der Waals surface area contributed by atoms with Crippen molar-refractivity contribution in [1.29, 1.82) is 5.26 Å². The molecule has 0 radical (unpaired) electrons. The van der Waals surface area contributed by atoms with E-state index in [1.54, 1.807) is 30.3 Å². The number of carbonyl (C=O) groups is 2. The number of amides is 1. The van der Waals surface area contributed by atoms with Crippen molar-refractivity contribution in [1.82, 2.24) is 0 Å². The van der Waals surface area contributed by atoms with Gasteiger partial charge < -0.3 is 10.1 Å². The van der Waals surface area contributed by atoms with Gasteiger partial charge in [0, 0.05) is 12.1 Å². The molecule has 0 fully saturated rings. The Morgan fingerprint density at radius 2 is 1.71 bits per heavy atom. The Labute approximate surface area is 234 Å². The van der Waals surface area contributed by atoms with Gasteiger partial charge >= 0.3 is 5.97 Å². The third-order valence-corrected chi connectivity index (χ3v) is 6.54. The lowest BCUT2D eigenvalue weighted by atomic mass is 10.0. The molecule has 0 saturated heterocycles. The number of nitriles is 1. The molecule has 0 saturated carbocycles. The van der Waals surface area contributed by atoms with E-state index in [2.05, 4.69) is 21.2 Å². The maximum absolute atomic E-state index is 12.9. The molecule has 4 aromatic carbocycles. The maximum atomic E-state index is 12.9. The lowest BCUT2D eigenvalue weighted by Gasteiger charge is -2.10. The number of nitro benzene ring substituents is 1. The molecule has 1 N–H and O–H groups in total. The third-order valence-electron chi connectivity index (χ3n) is 5.32. The highest BCUT2D eigenvalue weighted by Crippen LogP contribution is 2.35. The second kappa shape index (κ2) is 11.4. The first kappa shape index (κ1) is 26.8. The monoisotopic (exact) mass is 609 g/mol. The van der Waals surface area contributed by atoms with Gasteiger partial charge in [0.25, 0.3) is 11.6 Å². The lowest BCUT2D eigenvalue weighted by molar-refractivity contribution is -0.384. The number of benzene rings is 4. The van der Waals surface area contributed by atoms with Crippen LogP contribution in [0.25, 0.3) is 16.8 Å². The lowest BCUT2D eigenvalue weighted by Crippen LogP contribution is -2.14. The van der Waals surface area contributed by atoms with Crippen LogP contribution in [0.5, 0.6) is 5.75 Å². The summed E-state index contributed by atoms with van der Waals surface area (Å²) in [6.45, 7) is 0. The van der Waals surface area contributed by atoms with Gasteiger partial charge in [-0.1, -0.05) is 65.7 Å². The molecule has 188 valence electrons. The van der Waals surface area contributed by atoms with Crippen molar-refractivity contribution in [2.45, 2.75) is 0 Å². The first-order valence-corrected chi connectivity index (χ1v) is 12.3. The Hall–Kier alpha value is -4.23. The second-order valence-corrected chi connectivity index (χ2v) is 9.44. The molecule has 0 aliphatic rings. The van der Waals surface area contributed by atoms with Crippen molar-refractivity contribution in [3.05, 3.63) is 114 Å². The minimum Gasteiger partial charge on any atom is -0.422 e. The average Bonchev–Trinajstić information content (AvgIpc) is 2.90. The summed E-state index contributed by atoms with van der Waals surface area (Å²) in [4.78, 5) is 35.8. The minimum absolute atomic E-state index is 0.0676. The molecule has 0 bridgehead atoms. The summed E-state index contributed by atoms with van der Waals surface area (Å²) < 4.78 is 5.99. The Bertz CT molecular complexity index is 1670. The molecular formula is C27H14BrCl2N3O5. The number of halogens is 3. The van der Waals surface area contributed by atoms with Gasteiger partial charge in [0.05, 0.1) is 30.7 Å². The number of nitrogens with zero attached hydrogens (tertiary/aromatic N) is 2. The quantitative estimate of drug-likeness (QED) is 0.0599. The minimum atomic E-state index is -0.826. The van der Waals surface area contributed by atoms with Gasteiger partial charge in [0.2, 0.25) is 0 Å². The van der Waals surface area contributed by atoms with Crippen molar-refractivity contribution in [2.75, 3.05) is 5.32 Å². The van der Waals surface area contributed by atoms with E-state index in [0.717, 1.165) is 22.9 Å². The predicted molar refractivity (Wildman–Crippen MR) is 148 cm³/mol. The van der Waals surface area contributed by atoms with Crippen LogP contribution in [0, 0.1) is 21.4 Å². The fraction of sp³-hybridized carbons (Fsp3) is 0. The van der Waals surface area contributed by atoms with Crippen LogP contribution in [-0.2, 0) is 4.79 Å². The van der Waals surface area contributed by atoms with Crippen LogP contribution in [0.4, 0.5) is 11.4 Å². The van der Waals surface area contributed by atoms with E-state index in [9.17, 15) is 25.0 Å². The summed E-state index contributed by atoms with van der Waals surface area (Å²) in [7, 11) is 0. The van der Waals surface area contributed by atoms with Crippen molar-refractivity contribution in [3.63, 3.8) is 0 Å². The van der Waals surface area contributed by atoms with E-state index in [-0.39, 0.29) is 32.7 Å². The number of carbonyl (C=O) groups excluding carboxylic acids is 2. The Morgan fingerprint density at radius 1 is 1.03 bits per heavy atom. The first-order chi connectivity index (χ1) is 18.2. The van der Waals surface area contributed by atoms with E-state index >= 15 is 0 Å². The van der Waals surface area contributed by atoms with Crippen molar-refractivity contribution in [3.8, 4) is 11.8 Å². The fourth-order valence-corrected chi connectivity index (χ4v) is 4.58. The number of hydrogen-bond acceptors (Lipinski definition) is 6. The van der Waals surface area contributed by atoms with Gasteiger partial charge in [-0.3, -0.25) is 14.9 Å². The summed E-state index contributed by atoms with van der Waals surface area (Å²) in [6, 6.07) is 21.3. The zero-order valence-corrected chi connectivity index (χ0v) is 22.2.